The minimum absolute atomic E-state index is 0.0215. The number of aryl methyl sites for hydroxylation is 2. The smallest absolute Gasteiger partial charge is 0.272 e. The van der Waals surface area contributed by atoms with E-state index in [0.717, 1.165) is 13.1 Å². The summed E-state index contributed by atoms with van der Waals surface area (Å²) >= 11 is 0. The van der Waals surface area contributed by atoms with Crippen molar-refractivity contribution in [1.29, 1.82) is 0 Å². The first-order valence-electron chi connectivity index (χ1n) is 10.2. The van der Waals surface area contributed by atoms with Gasteiger partial charge in [0.25, 0.3) is 5.91 Å². The molecule has 1 aromatic heterocycles. The molecule has 1 aliphatic heterocycles. The monoisotopic (exact) mass is 385 g/mol. The maximum Gasteiger partial charge on any atom is 0.272 e. The number of amides is 1. The molecule has 0 aliphatic carbocycles. The Labute approximate surface area is 172 Å². The first kappa shape index (κ1) is 19.3. The van der Waals surface area contributed by atoms with Gasteiger partial charge in [0.05, 0.1) is 6.04 Å². The van der Waals surface area contributed by atoms with Crippen molar-refractivity contribution in [2.75, 3.05) is 26.2 Å². The van der Waals surface area contributed by atoms with Gasteiger partial charge in [0.15, 0.2) is 0 Å². The molecule has 0 saturated carbocycles. The molecule has 3 aromatic rings. The fraction of sp³-hybridized carbons (Fsp3) is 0.280. The zero-order chi connectivity index (χ0) is 20.2. The molecule has 0 bridgehead atoms. The van der Waals surface area contributed by atoms with E-state index in [1.807, 2.05) is 17.0 Å². The Balaban J connectivity index is 1.57. The molecule has 4 heteroatoms. The summed E-state index contributed by atoms with van der Waals surface area (Å²) in [6.07, 6.45) is 1.68. The number of aromatic nitrogens is 1. The van der Waals surface area contributed by atoms with Crippen molar-refractivity contribution in [1.82, 2.24) is 14.8 Å². The summed E-state index contributed by atoms with van der Waals surface area (Å²) in [5, 5.41) is 0. The van der Waals surface area contributed by atoms with Crippen LogP contribution in [0, 0.1) is 13.8 Å². The third-order valence-corrected chi connectivity index (χ3v) is 5.70. The molecule has 1 fully saturated rings. The summed E-state index contributed by atoms with van der Waals surface area (Å²) in [6.45, 7) is 7.43. The van der Waals surface area contributed by atoms with Crippen molar-refractivity contribution >= 4 is 5.91 Å². The van der Waals surface area contributed by atoms with Crippen LogP contribution in [0.15, 0.2) is 72.9 Å². The number of carbonyl (C=O) groups is 1. The fourth-order valence-electron chi connectivity index (χ4n) is 4.11. The zero-order valence-electron chi connectivity index (χ0n) is 17.1. The van der Waals surface area contributed by atoms with Crippen LogP contribution in [0.25, 0.3) is 0 Å². The van der Waals surface area contributed by atoms with Gasteiger partial charge in [0.1, 0.15) is 5.69 Å². The molecule has 1 saturated heterocycles. The maximum absolute atomic E-state index is 12.8. The molecule has 1 aliphatic rings. The van der Waals surface area contributed by atoms with Crippen LogP contribution in [0.1, 0.15) is 38.8 Å². The quantitative estimate of drug-likeness (QED) is 0.674. The van der Waals surface area contributed by atoms with Gasteiger partial charge in [-0.2, -0.15) is 0 Å². The van der Waals surface area contributed by atoms with Gasteiger partial charge in [0.2, 0.25) is 0 Å². The molecule has 1 amide bonds. The van der Waals surface area contributed by atoms with Gasteiger partial charge >= 0.3 is 0 Å². The summed E-state index contributed by atoms with van der Waals surface area (Å²) < 4.78 is 0. The van der Waals surface area contributed by atoms with E-state index in [0.29, 0.717) is 18.8 Å². The van der Waals surface area contributed by atoms with Crippen molar-refractivity contribution in [2.24, 2.45) is 0 Å². The van der Waals surface area contributed by atoms with Gasteiger partial charge in [-0.1, -0.05) is 60.2 Å². The molecule has 4 rings (SSSR count). The molecule has 0 spiro atoms. The number of nitrogens with zero attached hydrogens (tertiary/aromatic N) is 3. The maximum atomic E-state index is 12.8. The minimum atomic E-state index is 0.0215. The highest BCUT2D eigenvalue weighted by molar-refractivity contribution is 5.92. The summed E-state index contributed by atoms with van der Waals surface area (Å²) in [4.78, 5) is 21.4. The molecule has 29 heavy (non-hydrogen) atoms. The van der Waals surface area contributed by atoms with Crippen molar-refractivity contribution in [3.8, 4) is 0 Å². The molecule has 0 unspecified atom stereocenters. The van der Waals surface area contributed by atoms with Crippen LogP contribution in [-0.4, -0.2) is 46.9 Å². The summed E-state index contributed by atoms with van der Waals surface area (Å²) in [6, 6.07) is 23.1. The van der Waals surface area contributed by atoms with E-state index in [4.69, 9.17) is 0 Å². The standard InChI is InChI=1S/C25H27N3O/c1-19-11-12-20(2)22(18-19)24(21-8-4-3-5-9-21)27-14-16-28(17-15-27)25(29)23-10-6-7-13-26-23/h3-13,18,24H,14-17H2,1-2H3/t24-/m0/s1. The minimum Gasteiger partial charge on any atom is -0.335 e. The number of rotatable bonds is 4. The first-order valence-corrected chi connectivity index (χ1v) is 10.2. The van der Waals surface area contributed by atoms with Crippen LogP contribution >= 0.6 is 0 Å². The Morgan fingerprint density at radius 2 is 1.62 bits per heavy atom. The summed E-state index contributed by atoms with van der Waals surface area (Å²) in [7, 11) is 0. The van der Waals surface area contributed by atoms with E-state index in [1.54, 1.807) is 12.3 Å². The van der Waals surface area contributed by atoms with E-state index in [-0.39, 0.29) is 11.9 Å². The zero-order valence-corrected chi connectivity index (χ0v) is 17.1. The highest BCUT2D eigenvalue weighted by atomic mass is 16.2. The Kier molecular flexibility index (Phi) is 5.72. The summed E-state index contributed by atoms with van der Waals surface area (Å²) in [5.41, 5.74) is 5.74. The fourth-order valence-corrected chi connectivity index (χ4v) is 4.11. The van der Waals surface area contributed by atoms with Gasteiger partial charge in [-0.15, -0.1) is 0 Å². The Morgan fingerprint density at radius 1 is 0.897 bits per heavy atom. The van der Waals surface area contributed by atoms with Crippen molar-refractivity contribution in [2.45, 2.75) is 19.9 Å². The first-order chi connectivity index (χ1) is 14.1. The van der Waals surface area contributed by atoms with E-state index >= 15 is 0 Å². The van der Waals surface area contributed by atoms with Crippen LogP contribution < -0.4 is 0 Å². The third-order valence-electron chi connectivity index (χ3n) is 5.70. The van der Waals surface area contributed by atoms with E-state index in [9.17, 15) is 4.79 Å². The SMILES string of the molecule is Cc1ccc(C)c([C@H](c2ccccc2)N2CCN(C(=O)c3ccccn3)CC2)c1. The predicted molar refractivity (Wildman–Crippen MR) is 116 cm³/mol. The van der Waals surface area contributed by atoms with E-state index in [2.05, 4.69) is 72.3 Å². The lowest BCUT2D eigenvalue weighted by molar-refractivity contribution is 0.0591. The Hall–Kier alpha value is -2.98. The molecule has 4 nitrogen and oxygen atoms in total. The van der Waals surface area contributed by atoms with Crippen molar-refractivity contribution in [3.05, 3.63) is 101 Å². The van der Waals surface area contributed by atoms with Crippen molar-refractivity contribution in [3.63, 3.8) is 0 Å². The molecule has 0 radical (unpaired) electrons. The van der Waals surface area contributed by atoms with Gasteiger partial charge in [0, 0.05) is 32.4 Å². The number of piperazine rings is 1. The van der Waals surface area contributed by atoms with Crippen LogP contribution in [0.2, 0.25) is 0 Å². The Bertz CT molecular complexity index is 964. The molecule has 1 atom stereocenters. The normalized spacial score (nSPS) is 15.9. The number of hydrogen-bond donors (Lipinski definition) is 0. The number of carbonyl (C=O) groups excluding carboxylic acids is 1. The molecular weight excluding hydrogens is 358 g/mol. The highest BCUT2D eigenvalue weighted by Crippen LogP contribution is 2.32. The molecule has 2 aromatic carbocycles. The number of pyridine rings is 1. The molecule has 148 valence electrons. The summed E-state index contributed by atoms with van der Waals surface area (Å²) in [5.74, 6) is 0.0215. The largest absolute Gasteiger partial charge is 0.335 e. The van der Waals surface area contributed by atoms with Gasteiger partial charge in [-0.25, -0.2) is 0 Å². The Morgan fingerprint density at radius 3 is 2.31 bits per heavy atom. The van der Waals surface area contributed by atoms with Crippen LogP contribution in [-0.2, 0) is 0 Å². The molecule has 0 N–H and O–H groups in total. The average molecular weight is 386 g/mol. The lowest BCUT2D eigenvalue weighted by Crippen LogP contribution is -2.50. The van der Waals surface area contributed by atoms with Crippen LogP contribution in [0.5, 0.6) is 0 Å². The lowest BCUT2D eigenvalue weighted by atomic mass is 9.92. The third kappa shape index (κ3) is 4.22. The van der Waals surface area contributed by atoms with Crippen molar-refractivity contribution < 1.29 is 4.79 Å². The van der Waals surface area contributed by atoms with Crippen LogP contribution in [0.3, 0.4) is 0 Å². The molecular formula is C25H27N3O. The average Bonchev–Trinajstić information content (AvgIpc) is 2.78. The van der Waals surface area contributed by atoms with Gasteiger partial charge in [-0.05, 0) is 42.7 Å². The lowest BCUT2D eigenvalue weighted by Gasteiger charge is -2.40. The number of benzene rings is 2. The number of hydrogen-bond acceptors (Lipinski definition) is 3. The second-order valence-corrected chi connectivity index (χ2v) is 7.72. The highest BCUT2D eigenvalue weighted by Gasteiger charge is 2.29. The van der Waals surface area contributed by atoms with Gasteiger partial charge in [-0.3, -0.25) is 14.7 Å². The predicted octanol–water partition coefficient (Wildman–Crippen LogP) is 4.25. The second kappa shape index (κ2) is 8.58. The second-order valence-electron chi connectivity index (χ2n) is 7.72. The van der Waals surface area contributed by atoms with Crippen LogP contribution in [0.4, 0.5) is 0 Å². The topological polar surface area (TPSA) is 36.4 Å². The molecule has 2 heterocycles. The van der Waals surface area contributed by atoms with E-state index in [1.165, 1.54) is 22.3 Å². The van der Waals surface area contributed by atoms with E-state index < -0.39 is 0 Å². The van der Waals surface area contributed by atoms with Gasteiger partial charge < -0.3 is 4.90 Å².